The van der Waals surface area contributed by atoms with Crippen molar-refractivity contribution < 1.29 is 0 Å². The summed E-state index contributed by atoms with van der Waals surface area (Å²) in [5, 5.41) is 3.93. The van der Waals surface area contributed by atoms with Crippen molar-refractivity contribution in [2.24, 2.45) is 5.41 Å². The molecule has 3 rings (SSSR count). The highest BCUT2D eigenvalue weighted by molar-refractivity contribution is 7.99. The van der Waals surface area contributed by atoms with E-state index in [1.165, 1.54) is 56.5 Å². The normalized spacial score (nSPS) is 40.3. The van der Waals surface area contributed by atoms with E-state index in [0.717, 1.165) is 17.5 Å². The molecule has 2 heteroatoms. The summed E-state index contributed by atoms with van der Waals surface area (Å²) in [6, 6.07) is 1.75. The molecule has 2 unspecified atom stereocenters. The Kier molecular flexibility index (Phi) is 2.53. The third-order valence-electron chi connectivity index (χ3n) is 4.62. The Balaban J connectivity index is 1.51. The lowest BCUT2D eigenvalue weighted by atomic mass is 9.53. The molecule has 2 saturated carbocycles. The van der Waals surface area contributed by atoms with E-state index in [1.807, 2.05) is 0 Å². The third-order valence-corrected chi connectivity index (χ3v) is 5.83. The van der Waals surface area contributed by atoms with Gasteiger partial charge in [0.2, 0.25) is 0 Å². The lowest BCUT2D eigenvalue weighted by molar-refractivity contribution is -0.0221. The van der Waals surface area contributed by atoms with Crippen molar-refractivity contribution in [1.29, 1.82) is 0 Å². The molecule has 1 N–H and O–H groups in total. The van der Waals surface area contributed by atoms with Crippen LogP contribution in [0.5, 0.6) is 0 Å². The van der Waals surface area contributed by atoms with Gasteiger partial charge < -0.3 is 5.32 Å². The molecule has 0 amide bonds. The molecule has 0 radical (unpaired) electrons. The third kappa shape index (κ3) is 1.51. The molecule has 3 fully saturated rings. The highest BCUT2D eigenvalue weighted by Crippen LogP contribution is 2.56. The Morgan fingerprint density at radius 3 is 2.50 bits per heavy atom. The van der Waals surface area contributed by atoms with E-state index in [0.29, 0.717) is 0 Å². The van der Waals surface area contributed by atoms with Crippen molar-refractivity contribution in [3.05, 3.63) is 0 Å². The van der Waals surface area contributed by atoms with E-state index >= 15 is 0 Å². The zero-order valence-corrected chi connectivity index (χ0v) is 9.74. The first-order chi connectivity index (χ1) is 6.89. The van der Waals surface area contributed by atoms with Crippen LogP contribution in [0.3, 0.4) is 0 Å². The van der Waals surface area contributed by atoms with E-state index in [4.69, 9.17) is 0 Å². The van der Waals surface area contributed by atoms with Crippen molar-refractivity contribution in [2.45, 2.75) is 57.0 Å². The van der Waals surface area contributed by atoms with Gasteiger partial charge in [0.1, 0.15) is 0 Å². The first kappa shape index (κ1) is 9.53. The highest BCUT2D eigenvalue weighted by Gasteiger charge is 2.50. The van der Waals surface area contributed by atoms with Gasteiger partial charge in [-0.05, 0) is 49.7 Å². The lowest BCUT2D eigenvalue weighted by Crippen LogP contribution is -2.59. The molecular weight excluding hydrogens is 190 g/mol. The molecule has 0 aromatic carbocycles. The van der Waals surface area contributed by atoms with Gasteiger partial charge in [-0.1, -0.05) is 6.42 Å². The number of nitrogens with one attached hydrogen (secondary N) is 1. The Labute approximate surface area is 91.4 Å². The summed E-state index contributed by atoms with van der Waals surface area (Å²) >= 11 is 2.14. The molecule has 3 aliphatic rings. The largest absolute Gasteiger partial charge is 0.310 e. The van der Waals surface area contributed by atoms with Gasteiger partial charge in [0.05, 0.1) is 0 Å². The molecular formula is C12H21NS. The number of thioether (sulfide) groups is 1. The SMILES string of the molecule is C1CSCC(NC2CCC23CCC3)C1. The van der Waals surface area contributed by atoms with Crippen LogP contribution >= 0.6 is 11.8 Å². The van der Waals surface area contributed by atoms with Crippen LogP contribution in [0.1, 0.15) is 44.9 Å². The van der Waals surface area contributed by atoms with Crippen LogP contribution in [0.4, 0.5) is 0 Å². The first-order valence-electron chi connectivity index (χ1n) is 6.23. The van der Waals surface area contributed by atoms with Crippen molar-refractivity contribution in [1.82, 2.24) is 5.32 Å². The van der Waals surface area contributed by atoms with Crippen molar-refractivity contribution >= 4 is 11.8 Å². The van der Waals surface area contributed by atoms with Gasteiger partial charge in [-0.2, -0.15) is 11.8 Å². The van der Waals surface area contributed by atoms with Crippen LogP contribution < -0.4 is 5.32 Å². The summed E-state index contributed by atoms with van der Waals surface area (Å²) in [5.74, 6) is 2.76. The van der Waals surface area contributed by atoms with Crippen LogP contribution in [-0.4, -0.2) is 23.6 Å². The monoisotopic (exact) mass is 211 g/mol. The molecule has 1 aliphatic heterocycles. The van der Waals surface area contributed by atoms with Gasteiger partial charge in [0, 0.05) is 17.8 Å². The Morgan fingerprint density at radius 2 is 2.00 bits per heavy atom. The smallest absolute Gasteiger partial charge is 0.0161 e. The predicted octanol–water partition coefficient (Wildman–Crippen LogP) is 2.80. The fraction of sp³-hybridized carbons (Fsp3) is 1.00. The van der Waals surface area contributed by atoms with Gasteiger partial charge in [-0.15, -0.1) is 0 Å². The van der Waals surface area contributed by atoms with Crippen molar-refractivity contribution in [3.8, 4) is 0 Å². The minimum absolute atomic E-state index is 0.794. The second-order valence-electron chi connectivity index (χ2n) is 5.39. The topological polar surface area (TPSA) is 12.0 Å². The summed E-state index contributed by atoms with van der Waals surface area (Å²) in [4.78, 5) is 0. The second kappa shape index (κ2) is 3.71. The maximum atomic E-state index is 3.93. The molecule has 1 spiro atoms. The Bertz CT molecular complexity index is 201. The van der Waals surface area contributed by atoms with Gasteiger partial charge in [0.15, 0.2) is 0 Å². The van der Waals surface area contributed by atoms with E-state index in [2.05, 4.69) is 17.1 Å². The standard InChI is InChI=1S/C12H21NS/c1-3-10(9-14-8-1)13-11-4-7-12(11)5-2-6-12/h10-11,13H,1-9H2. The summed E-state index contributed by atoms with van der Waals surface area (Å²) in [5.41, 5.74) is 0.794. The maximum absolute atomic E-state index is 3.93. The molecule has 0 aromatic rings. The molecule has 2 atom stereocenters. The minimum Gasteiger partial charge on any atom is -0.310 e. The van der Waals surface area contributed by atoms with Crippen LogP contribution in [0.25, 0.3) is 0 Å². The van der Waals surface area contributed by atoms with E-state index in [9.17, 15) is 0 Å². The van der Waals surface area contributed by atoms with E-state index in [-0.39, 0.29) is 0 Å². The zero-order valence-electron chi connectivity index (χ0n) is 8.93. The average Bonchev–Trinajstić information content (AvgIpc) is 2.12. The summed E-state index contributed by atoms with van der Waals surface area (Å²) < 4.78 is 0. The number of hydrogen-bond donors (Lipinski definition) is 1. The number of rotatable bonds is 2. The van der Waals surface area contributed by atoms with Gasteiger partial charge >= 0.3 is 0 Å². The molecule has 14 heavy (non-hydrogen) atoms. The Hall–Kier alpha value is 0.310. The van der Waals surface area contributed by atoms with Crippen LogP contribution in [-0.2, 0) is 0 Å². The summed E-state index contributed by atoms with van der Waals surface area (Å²) in [7, 11) is 0. The molecule has 1 saturated heterocycles. The quantitative estimate of drug-likeness (QED) is 0.754. The van der Waals surface area contributed by atoms with Crippen LogP contribution in [0.2, 0.25) is 0 Å². The molecule has 0 aromatic heterocycles. The van der Waals surface area contributed by atoms with Crippen molar-refractivity contribution in [2.75, 3.05) is 11.5 Å². The number of hydrogen-bond acceptors (Lipinski definition) is 2. The molecule has 0 bridgehead atoms. The zero-order chi connectivity index (χ0) is 9.43. The molecule has 1 heterocycles. The maximum Gasteiger partial charge on any atom is 0.0161 e. The van der Waals surface area contributed by atoms with E-state index < -0.39 is 0 Å². The predicted molar refractivity (Wildman–Crippen MR) is 62.8 cm³/mol. The Morgan fingerprint density at radius 1 is 1.07 bits per heavy atom. The summed E-state index contributed by atoms with van der Waals surface area (Å²) in [6.45, 7) is 0. The fourth-order valence-electron chi connectivity index (χ4n) is 3.34. The minimum atomic E-state index is 0.794. The van der Waals surface area contributed by atoms with Gasteiger partial charge in [-0.25, -0.2) is 0 Å². The second-order valence-corrected chi connectivity index (χ2v) is 6.54. The van der Waals surface area contributed by atoms with Crippen LogP contribution in [0, 0.1) is 5.41 Å². The van der Waals surface area contributed by atoms with Gasteiger partial charge in [0.25, 0.3) is 0 Å². The van der Waals surface area contributed by atoms with E-state index in [1.54, 1.807) is 0 Å². The average molecular weight is 211 g/mol. The molecule has 1 nitrogen and oxygen atoms in total. The van der Waals surface area contributed by atoms with Crippen LogP contribution in [0.15, 0.2) is 0 Å². The summed E-state index contributed by atoms with van der Waals surface area (Å²) in [6.07, 6.45) is 10.4. The molecule has 2 aliphatic carbocycles. The molecule has 80 valence electrons. The fourth-order valence-corrected chi connectivity index (χ4v) is 4.43. The van der Waals surface area contributed by atoms with Crippen molar-refractivity contribution in [3.63, 3.8) is 0 Å². The van der Waals surface area contributed by atoms with Gasteiger partial charge in [-0.3, -0.25) is 0 Å². The lowest BCUT2D eigenvalue weighted by Gasteiger charge is -2.57. The highest BCUT2D eigenvalue weighted by atomic mass is 32.2. The first-order valence-corrected chi connectivity index (χ1v) is 7.38.